The summed E-state index contributed by atoms with van der Waals surface area (Å²) in [6.07, 6.45) is 0.234. The number of hydrogen-bond acceptors (Lipinski definition) is 6. The molecule has 36 heavy (non-hydrogen) atoms. The lowest BCUT2D eigenvalue weighted by Gasteiger charge is -2.31. The molecule has 9 heteroatoms. The molecule has 1 aromatic carbocycles. The van der Waals surface area contributed by atoms with E-state index in [0.717, 1.165) is 18.4 Å². The van der Waals surface area contributed by atoms with Crippen LogP contribution < -0.4 is 16.0 Å². The predicted molar refractivity (Wildman–Crippen MR) is 139 cm³/mol. The Hall–Kier alpha value is -2.65. The summed E-state index contributed by atoms with van der Waals surface area (Å²) < 4.78 is 17.2. The summed E-state index contributed by atoms with van der Waals surface area (Å²) in [5.41, 5.74) is 0.838. The van der Waals surface area contributed by atoms with Crippen LogP contribution in [0.2, 0.25) is 0 Å². The fourth-order valence-electron chi connectivity index (χ4n) is 3.13. The van der Waals surface area contributed by atoms with Gasteiger partial charge in [0.25, 0.3) is 0 Å². The van der Waals surface area contributed by atoms with Gasteiger partial charge in [-0.25, -0.2) is 4.79 Å². The third kappa shape index (κ3) is 11.4. The number of carbonyl (C=O) groups is 3. The second-order valence-corrected chi connectivity index (χ2v) is 9.53. The number of hydrogen-bond donors (Lipinski definition) is 3. The van der Waals surface area contributed by atoms with Gasteiger partial charge in [-0.05, 0) is 52.0 Å². The Balaban J connectivity index is 2.68. The first-order valence-electron chi connectivity index (χ1n) is 12.9. The highest BCUT2D eigenvalue weighted by atomic mass is 16.7. The molecular weight excluding hydrogens is 462 g/mol. The molecule has 9 nitrogen and oxygen atoms in total. The zero-order valence-electron chi connectivity index (χ0n) is 23.0. The number of ether oxygens (including phenoxy) is 3. The first kappa shape index (κ1) is 31.4. The minimum atomic E-state index is -0.865. The molecule has 0 bridgehead atoms. The van der Waals surface area contributed by atoms with Gasteiger partial charge in [-0.3, -0.25) is 9.59 Å². The number of alkyl carbamates (subject to hydrolysis) is 1. The molecule has 1 aromatic rings. The van der Waals surface area contributed by atoms with Crippen LogP contribution in [0.4, 0.5) is 4.79 Å². The van der Waals surface area contributed by atoms with Gasteiger partial charge in [0.05, 0.1) is 18.2 Å². The molecule has 3 unspecified atom stereocenters. The Morgan fingerprint density at radius 2 is 1.33 bits per heavy atom. The first-order valence-corrected chi connectivity index (χ1v) is 12.9. The van der Waals surface area contributed by atoms with Gasteiger partial charge in [-0.2, -0.15) is 0 Å². The maximum Gasteiger partial charge on any atom is 0.408 e. The quantitative estimate of drug-likeness (QED) is 0.310. The second-order valence-electron chi connectivity index (χ2n) is 9.53. The Morgan fingerprint density at radius 3 is 1.83 bits per heavy atom. The number of nitrogens with one attached hydrogen (secondary N) is 3. The molecule has 0 saturated carbocycles. The minimum absolute atomic E-state index is 0.0324. The largest absolute Gasteiger partial charge is 0.445 e. The summed E-state index contributed by atoms with van der Waals surface area (Å²) in [5.74, 6) is -1.07. The fourth-order valence-corrected chi connectivity index (χ4v) is 3.13. The van der Waals surface area contributed by atoms with E-state index in [1.54, 1.807) is 20.8 Å². The topological polar surface area (TPSA) is 115 Å². The zero-order chi connectivity index (χ0) is 27.3. The zero-order valence-corrected chi connectivity index (χ0v) is 23.0. The van der Waals surface area contributed by atoms with E-state index in [1.807, 2.05) is 65.0 Å². The summed E-state index contributed by atoms with van der Waals surface area (Å²) in [4.78, 5) is 38.0. The van der Waals surface area contributed by atoms with Gasteiger partial charge < -0.3 is 30.2 Å². The van der Waals surface area contributed by atoms with Crippen LogP contribution in [0.1, 0.15) is 73.8 Å². The molecular formula is C27H45N3O6. The summed E-state index contributed by atoms with van der Waals surface area (Å²) in [6, 6.07) is 7.12. The standard InChI is InChI=1S/C27H45N3O6/c1-9-18(5)35-26(36-19(6)10-2)21(8)29-24(31)20(7)28-25(32)23(17(3)4)30-27(33)34-16-22-14-12-11-13-15-22/h11-15,17-21,23,26H,9-10,16H2,1-8H3,(H,28,32)(H,29,31)(H,30,33)/t18?,19?,20-,21?,23-,26?/m0/s1. The van der Waals surface area contributed by atoms with Crippen LogP contribution in [0.25, 0.3) is 0 Å². The minimum Gasteiger partial charge on any atom is -0.445 e. The Morgan fingerprint density at radius 1 is 0.778 bits per heavy atom. The number of carbonyl (C=O) groups excluding carboxylic acids is 3. The first-order chi connectivity index (χ1) is 17.0. The monoisotopic (exact) mass is 507 g/mol. The van der Waals surface area contributed by atoms with E-state index in [2.05, 4.69) is 16.0 Å². The molecule has 0 aliphatic heterocycles. The van der Waals surface area contributed by atoms with Gasteiger partial charge in [0.15, 0.2) is 6.29 Å². The van der Waals surface area contributed by atoms with Crippen molar-refractivity contribution in [3.63, 3.8) is 0 Å². The van der Waals surface area contributed by atoms with E-state index in [4.69, 9.17) is 14.2 Å². The normalized spacial score (nSPS) is 16.2. The average Bonchev–Trinajstić information content (AvgIpc) is 2.85. The number of benzene rings is 1. The lowest BCUT2D eigenvalue weighted by atomic mass is 10.0. The van der Waals surface area contributed by atoms with E-state index in [0.29, 0.717) is 0 Å². The molecule has 0 spiro atoms. The highest BCUT2D eigenvalue weighted by Crippen LogP contribution is 2.12. The van der Waals surface area contributed by atoms with Crippen molar-refractivity contribution in [3.8, 4) is 0 Å². The van der Waals surface area contributed by atoms with Gasteiger partial charge in [-0.15, -0.1) is 0 Å². The molecule has 0 aromatic heterocycles. The summed E-state index contributed by atoms with van der Waals surface area (Å²) in [6.45, 7) is 15.0. The van der Waals surface area contributed by atoms with Gasteiger partial charge in [0.1, 0.15) is 18.7 Å². The van der Waals surface area contributed by atoms with Crippen LogP contribution in [-0.4, -0.2) is 54.5 Å². The molecule has 3 N–H and O–H groups in total. The maximum atomic E-state index is 12.9. The van der Waals surface area contributed by atoms with E-state index in [-0.39, 0.29) is 30.6 Å². The van der Waals surface area contributed by atoms with Crippen molar-refractivity contribution in [1.29, 1.82) is 0 Å². The molecule has 1 rings (SSSR count). The Kier molecular flexibility index (Phi) is 14.1. The van der Waals surface area contributed by atoms with Crippen molar-refractivity contribution in [2.24, 2.45) is 5.92 Å². The second kappa shape index (κ2) is 16.2. The van der Waals surface area contributed by atoms with Crippen molar-refractivity contribution in [3.05, 3.63) is 35.9 Å². The van der Waals surface area contributed by atoms with Gasteiger partial charge in [0.2, 0.25) is 11.8 Å². The molecule has 0 saturated heterocycles. The van der Waals surface area contributed by atoms with Crippen LogP contribution >= 0.6 is 0 Å². The van der Waals surface area contributed by atoms with E-state index < -0.39 is 36.4 Å². The van der Waals surface area contributed by atoms with Crippen molar-refractivity contribution in [2.45, 2.75) is 111 Å². The molecule has 0 aliphatic rings. The summed E-state index contributed by atoms with van der Waals surface area (Å²) >= 11 is 0. The number of amides is 3. The van der Waals surface area contributed by atoms with E-state index >= 15 is 0 Å². The summed E-state index contributed by atoms with van der Waals surface area (Å²) in [7, 11) is 0. The molecule has 5 atom stereocenters. The lowest BCUT2D eigenvalue weighted by Crippen LogP contribution is -2.56. The highest BCUT2D eigenvalue weighted by Gasteiger charge is 2.30. The predicted octanol–water partition coefficient (Wildman–Crippen LogP) is 3.90. The van der Waals surface area contributed by atoms with Gasteiger partial charge >= 0.3 is 6.09 Å². The van der Waals surface area contributed by atoms with Crippen LogP contribution in [0.3, 0.4) is 0 Å². The molecule has 3 amide bonds. The van der Waals surface area contributed by atoms with Gasteiger partial charge in [0, 0.05) is 0 Å². The molecule has 0 heterocycles. The third-order valence-corrected chi connectivity index (χ3v) is 5.85. The van der Waals surface area contributed by atoms with Crippen molar-refractivity contribution < 1.29 is 28.6 Å². The summed E-state index contributed by atoms with van der Waals surface area (Å²) in [5, 5.41) is 8.16. The van der Waals surface area contributed by atoms with Crippen LogP contribution in [-0.2, 0) is 30.4 Å². The molecule has 0 radical (unpaired) electrons. The maximum absolute atomic E-state index is 12.9. The van der Waals surface area contributed by atoms with E-state index in [1.165, 1.54) is 0 Å². The van der Waals surface area contributed by atoms with Crippen molar-refractivity contribution in [2.75, 3.05) is 0 Å². The Bertz CT molecular complexity index is 792. The van der Waals surface area contributed by atoms with E-state index in [9.17, 15) is 14.4 Å². The van der Waals surface area contributed by atoms with Crippen molar-refractivity contribution in [1.82, 2.24) is 16.0 Å². The van der Waals surface area contributed by atoms with Crippen molar-refractivity contribution >= 4 is 17.9 Å². The number of rotatable bonds is 15. The van der Waals surface area contributed by atoms with Crippen LogP contribution in [0.15, 0.2) is 30.3 Å². The van der Waals surface area contributed by atoms with Crippen LogP contribution in [0.5, 0.6) is 0 Å². The molecule has 0 aliphatic carbocycles. The SMILES string of the molecule is CCC(C)OC(OC(C)CC)C(C)NC(=O)[C@H](C)NC(=O)[C@@H](NC(=O)OCc1ccccc1)C(C)C. The highest BCUT2D eigenvalue weighted by molar-refractivity contribution is 5.91. The fraction of sp³-hybridized carbons (Fsp3) is 0.667. The molecule has 204 valence electrons. The third-order valence-electron chi connectivity index (χ3n) is 5.85. The van der Waals surface area contributed by atoms with Gasteiger partial charge in [-0.1, -0.05) is 58.0 Å². The smallest absolute Gasteiger partial charge is 0.408 e. The lowest BCUT2D eigenvalue weighted by molar-refractivity contribution is -0.201. The molecule has 0 fully saturated rings. The average molecular weight is 508 g/mol. The van der Waals surface area contributed by atoms with Crippen LogP contribution in [0, 0.1) is 5.92 Å². The Labute approximate surface area is 216 Å².